The second-order valence-corrected chi connectivity index (χ2v) is 20.4. The van der Waals surface area contributed by atoms with Crippen LogP contribution in [0.5, 0.6) is 0 Å². The molecule has 5 aromatic heterocycles. The zero-order valence-electron chi connectivity index (χ0n) is 37.1. The molecule has 5 heterocycles. The van der Waals surface area contributed by atoms with Gasteiger partial charge in [-0.3, -0.25) is 0 Å². The summed E-state index contributed by atoms with van der Waals surface area (Å²) in [5.74, 6) is 1.86. The molecule has 0 aliphatic carbocycles. The molecule has 70 heavy (non-hydrogen) atoms. The van der Waals surface area contributed by atoms with E-state index in [0.29, 0.717) is 17.5 Å². The maximum Gasteiger partial charge on any atom is 0.165 e. The zero-order valence-corrected chi connectivity index (χ0v) is 38.8. The summed E-state index contributed by atoms with van der Waals surface area (Å²) in [6.45, 7) is 0. The molecule has 0 atom stereocenters. The predicted molar refractivity (Wildman–Crippen MR) is 296 cm³/mol. The first-order chi connectivity index (χ1) is 34.7. The molecule has 16 aromatic rings. The molecule has 11 aromatic carbocycles. The summed E-state index contributed by atoms with van der Waals surface area (Å²) >= 11 is 3.57. The number of hydrogen-bond donors (Lipinski definition) is 0. The monoisotopic (exact) mass is 926 g/mol. The summed E-state index contributed by atoms with van der Waals surface area (Å²) in [7, 11) is 0. The molecule has 0 aliphatic heterocycles. The van der Waals surface area contributed by atoms with Crippen LogP contribution in [0.15, 0.2) is 211 Å². The van der Waals surface area contributed by atoms with Gasteiger partial charge in [0.1, 0.15) is 5.58 Å². The van der Waals surface area contributed by atoms with E-state index in [4.69, 9.17) is 19.4 Å². The normalized spacial score (nSPS) is 12.3. The Balaban J connectivity index is 1.04. The van der Waals surface area contributed by atoms with E-state index in [-0.39, 0.29) is 0 Å². The molecular formula is C63H34N4OS2. The number of hydrogen-bond acceptors (Lipinski definition) is 6. The summed E-state index contributed by atoms with van der Waals surface area (Å²) in [4.78, 5) is 16.5. The van der Waals surface area contributed by atoms with Crippen molar-refractivity contribution < 1.29 is 4.42 Å². The Kier molecular flexibility index (Phi) is 7.86. The fraction of sp³-hybridized carbons (Fsp3) is 0. The van der Waals surface area contributed by atoms with Crippen LogP contribution < -0.4 is 0 Å². The lowest BCUT2D eigenvalue weighted by Crippen LogP contribution is -2.02. The number of furan rings is 1. The van der Waals surface area contributed by atoms with Crippen LogP contribution in [0, 0.1) is 0 Å². The minimum atomic E-state index is 0.589. The number of rotatable bonds is 4. The van der Waals surface area contributed by atoms with Crippen LogP contribution in [-0.4, -0.2) is 19.5 Å². The van der Waals surface area contributed by atoms with E-state index < -0.39 is 0 Å². The molecular weight excluding hydrogens is 893 g/mol. The number of aromatic nitrogens is 4. The van der Waals surface area contributed by atoms with Gasteiger partial charge in [-0.05, 0) is 99.0 Å². The zero-order chi connectivity index (χ0) is 45.6. The van der Waals surface area contributed by atoms with E-state index in [1.165, 1.54) is 63.3 Å². The van der Waals surface area contributed by atoms with Crippen molar-refractivity contribution in [3.05, 3.63) is 206 Å². The first-order valence-electron chi connectivity index (χ1n) is 23.5. The van der Waals surface area contributed by atoms with E-state index in [2.05, 4.69) is 211 Å². The third-order valence-corrected chi connectivity index (χ3v) is 16.8. The van der Waals surface area contributed by atoms with E-state index >= 15 is 0 Å². The van der Waals surface area contributed by atoms with Crippen molar-refractivity contribution in [3.63, 3.8) is 0 Å². The fourth-order valence-corrected chi connectivity index (χ4v) is 13.6. The van der Waals surface area contributed by atoms with Gasteiger partial charge in [0.05, 0.1) is 16.7 Å². The lowest BCUT2D eigenvalue weighted by Gasteiger charge is -2.13. The highest BCUT2D eigenvalue weighted by Crippen LogP contribution is 2.46. The molecule has 0 fully saturated rings. The Morgan fingerprint density at radius 2 is 0.886 bits per heavy atom. The lowest BCUT2D eigenvalue weighted by atomic mass is 10.0. The first-order valence-corrected chi connectivity index (χ1v) is 25.1. The highest BCUT2D eigenvalue weighted by atomic mass is 32.1. The van der Waals surface area contributed by atoms with Crippen LogP contribution in [0.2, 0.25) is 0 Å². The number of benzene rings is 11. The second-order valence-electron chi connectivity index (χ2n) is 18.3. The van der Waals surface area contributed by atoms with Gasteiger partial charge in [0, 0.05) is 78.6 Å². The van der Waals surface area contributed by atoms with E-state index in [9.17, 15) is 0 Å². The predicted octanol–water partition coefficient (Wildman–Crippen LogP) is 18.1. The van der Waals surface area contributed by atoms with Crippen LogP contribution in [0.4, 0.5) is 0 Å². The largest absolute Gasteiger partial charge is 0.454 e. The summed E-state index contributed by atoms with van der Waals surface area (Å²) in [6, 6.07) is 74.3. The molecule has 5 nitrogen and oxygen atoms in total. The second kappa shape index (κ2) is 14.4. The molecule has 0 saturated heterocycles. The van der Waals surface area contributed by atoms with Gasteiger partial charge in [0.15, 0.2) is 23.1 Å². The minimum absolute atomic E-state index is 0.589. The van der Waals surface area contributed by atoms with Crippen LogP contribution >= 0.6 is 22.7 Å². The molecule has 0 spiro atoms. The molecule has 0 saturated carbocycles. The van der Waals surface area contributed by atoms with Gasteiger partial charge in [-0.15, -0.1) is 22.7 Å². The fourth-order valence-electron chi connectivity index (χ4n) is 11.2. The molecule has 0 N–H and O–H groups in total. The molecule has 0 amide bonds. The first kappa shape index (κ1) is 38.2. The van der Waals surface area contributed by atoms with Gasteiger partial charge in [-0.25, -0.2) is 15.0 Å². The Morgan fingerprint density at radius 1 is 0.357 bits per heavy atom. The van der Waals surface area contributed by atoms with Crippen molar-refractivity contribution in [1.29, 1.82) is 0 Å². The van der Waals surface area contributed by atoms with Gasteiger partial charge in [-0.1, -0.05) is 140 Å². The molecule has 324 valence electrons. The minimum Gasteiger partial charge on any atom is -0.454 e. The SMILES string of the molecule is c1ccc2cc3c(cc2c1)oc1c(-n2c4cc5ccccc5cc4c4c5ccccc5ccc42)cc(-c2nc(-c4cccc5c4sc4ccccc45)nc(-c4cccc5c4sc4ccccc45)n2)cc13. The highest BCUT2D eigenvalue weighted by molar-refractivity contribution is 7.26. The summed E-state index contributed by atoms with van der Waals surface area (Å²) in [5, 5.41) is 16.3. The van der Waals surface area contributed by atoms with Crippen molar-refractivity contribution >= 4 is 139 Å². The van der Waals surface area contributed by atoms with Crippen molar-refractivity contribution in [1.82, 2.24) is 19.5 Å². The standard InChI is InChI=1S/C63H34N4OS2/c1-3-16-38-32-52-50(30-37(38)15-1)57-41-18-6-5-13-35(41)27-28-51(57)67(52)53-33-40(31-49-48-29-36-14-2-4-17-39(36)34-54(48)68-58(49)53)61-64-62(46-23-11-21-44-42-19-7-9-25-55(42)69-59(44)46)66-63(65-61)47-24-12-22-45-43-20-8-10-26-56(43)70-60(45)47/h1-34H. The van der Waals surface area contributed by atoms with Crippen LogP contribution in [-0.2, 0) is 0 Å². The third kappa shape index (κ3) is 5.50. The van der Waals surface area contributed by atoms with Gasteiger partial charge < -0.3 is 8.98 Å². The molecule has 0 aliphatic rings. The third-order valence-electron chi connectivity index (χ3n) is 14.4. The molecule has 7 heteroatoms. The summed E-state index contributed by atoms with van der Waals surface area (Å²) in [5.41, 5.74) is 7.57. The van der Waals surface area contributed by atoms with Crippen molar-refractivity contribution in [2.45, 2.75) is 0 Å². The van der Waals surface area contributed by atoms with Crippen LogP contribution in [0.25, 0.3) is 156 Å². The van der Waals surface area contributed by atoms with Gasteiger partial charge in [0.25, 0.3) is 0 Å². The van der Waals surface area contributed by atoms with E-state index in [0.717, 1.165) is 75.5 Å². The summed E-state index contributed by atoms with van der Waals surface area (Å²) < 4.78 is 14.3. The van der Waals surface area contributed by atoms with Gasteiger partial charge >= 0.3 is 0 Å². The quantitative estimate of drug-likeness (QED) is 0.176. The Labute approximate surface area is 406 Å². The van der Waals surface area contributed by atoms with Crippen LogP contribution in [0.1, 0.15) is 0 Å². The van der Waals surface area contributed by atoms with Gasteiger partial charge in [-0.2, -0.15) is 0 Å². The molecule has 16 rings (SSSR count). The lowest BCUT2D eigenvalue weighted by molar-refractivity contribution is 0.667. The Bertz CT molecular complexity index is 4790. The molecule has 0 bridgehead atoms. The number of fused-ring (bicyclic) bond motifs is 16. The number of thiophene rings is 2. The topological polar surface area (TPSA) is 56.7 Å². The summed E-state index contributed by atoms with van der Waals surface area (Å²) in [6.07, 6.45) is 0. The van der Waals surface area contributed by atoms with E-state index in [1.807, 2.05) is 0 Å². The smallest absolute Gasteiger partial charge is 0.165 e. The van der Waals surface area contributed by atoms with Gasteiger partial charge in [0.2, 0.25) is 0 Å². The average Bonchev–Trinajstić information content (AvgIpc) is 4.18. The Morgan fingerprint density at radius 3 is 1.54 bits per heavy atom. The van der Waals surface area contributed by atoms with Crippen LogP contribution in [0.3, 0.4) is 0 Å². The van der Waals surface area contributed by atoms with Crippen molar-refractivity contribution in [2.75, 3.05) is 0 Å². The van der Waals surface area contributed by atoms with Crippen molar-refractivity contribution in [3.8, 4) is 39.9 Å². The van der Waals surface area contributed by atoms with E-state index in [1.54, 1.807) is 22.7 Å². The number of nitrogens with zero attached hydrogens (tertiary/aromatic N) is 4. The Hall–Kier alpha value is -8.75. The van der Waals surface area contributed by atoms with Crippen molar-refractivity contribution in [2.24, 2.45) is 0 Å². The average molecular weight is 927 g/mol. The molecule has 0 radical (unpaired) electrons. The maximum absolute atomic E-state index is 7.15. The highest BCUT2D eigenvalue weighted by Gasteiger charge is 2.24. The maximum atomic E-state index is 7.15. The molecule has 0 unspecified atom stereocenters.